The smallest absolute Gasteiger partial charge is 0.231 e. The SMILES string of the molecule is NC(=O)CCn1c(-c2ccco2)nn(CN2CCCC2c2ccc3c(c2)OCO3)c1=S. The van der Waals surface area contributed by atoms with Crippen molar-refractivity contribution in [3.8, 4) is 23.1 Å². The molecule has 1 atom stereocenters. The highest BCUT2D eigenvalue weighted by Gasteiger charge is 2.29. The van der Waals surface area contributed by atoms with Gasteiger partial charge in [-0.25, -0.2) is 4.68 Å². The average Bonchev–Trinajstić information content (AvgIpc) is 3.55. The van der Waals surface area contributed by atoms with Gasteiger partial charge in [-0.05, 0) is 54.9 Å². The van der Waals surface area contributed by atoms with Crippen LogP contribution in [0, 0.1) is 4.77 Å². The van der Waals surface area contributed by atoms with Gasteiger partial charge < -0.3 is 19.6 Å². The molecule has 0 bridgehead atoms. The standard InChI is InChI=1S/C21H23N5O4S/c22-19(27)7-9-25-20(17-4-2-10-28-17)23-26(21(25)31)12-24-8-1-3-15(24)14-5-6-16-18(11-14)30-13-29-16/h2,4-6,10-11,15H,1,3,7-9,12-13H2,(H2,22,27). The number of furan rings is 1. The number of primary amides is 1. The zero-order valence-electron chi connectivity index (χ0n) is 16.9. The van der Waals surface area contributed by atoms with Gasteiger partial charge in [-0.1, -0.05) is 6.07 Å². The van der Waals surface area contributed by atoms with Crippen molar-refractivity contribution in [2.45, 2.75) is 38.5 Å². The summed E-state index contributed by atoms with van der Waals surface area (Å²) >= 11 is 5.70. The molecule has 2 aliphatic rings. The van der Waals surface area contributed by atoms with Gasteiger partial charge in [-0.3, -0.25) is 14.3 Å². The minimum absolute atomic E-state index is 0.178. The molecule has 1 fully saturated rings. The van der Waals surface area contributed by atoms with E-state index in [9.17, 15) is 4.79 Å². The van der Waals surface area contributed by atoms with Crippen LogP contribution in [0.3, 0.4) is 0 Å². The second-order valence-electron chi connectivity index (χ2n) is 7.68. The number of aromatic nitrogens is 3. The number of hydrogen-bond donors (Lipinski definition) is 1. The number of nitrogens with zero attached hydrogens (tertiary/aromatic N) is 4. The maximum Gasteiger partial charge on any atom is 0.231 e. The van der Waals surface area contributed by atoms with Gasteiger partial charge in [0.1, 0.15) is 0 Å². The van der Waals surface area contributed by atoms with E-state index in [2.05, 4.69) is 17.0 Å². The Morgan fingerprint density at radius 1 is 1.26 bits per heavy atom. The van der Waals surface area contributed by atoms with Crippen LogP contribution >= 0.6 is 12.2 Å². The Morgan fingerprint density at radius 2 is 2.13 bits per heavy atom. The van der Waals surface area contributed by atoms with Crippen LogP contribution in [0.25, 0.3) is 11.6 Å². The van der Waals surface area contributed by atoms with Crippen LogP contribution in [0.1, 0.15) is 30.9 Å². The first-order valence-electron chi connectivity index (χ1n) is 10.2. The predicted octanol–water partition coefficient (Wildman–Crippen LogP) is 3.07. The van der Waals surface area contributed by atoms with E-state index >= 15 is 0 Å². The summed E-state index contributed by atoms with van der Waals surface area (Å²) in [5, 5.41) is 4.72. The van der Waals surface area contributed by atoms with E-state index in [-0.39, 0.29) is 25.2 Å². The summed E-state index contributed by atoms with van der Waals surface area (Å²) in [6, 6.07) is 9.98. The molecule has 9 nitrogen and oxygen atoms in total. The van der Waals surface area contributed by atoms with Crippen LogP contribution < -0.4 is 15.2 Å². The minimum Gasteiger partial charge on any atom is -0.461 e. The maximum absolute atomic E-state index is 11.3. The largest absolute Gasteiger partial charge is 0.461 e. The Balaban J connectivity index is 1.43. The monoisotopic (exact) mass is 441 g/mol. The van der Waals surface area contributed by atoms with E-state index in [1.807, 2.05) is 16.7 Å². The third-order valence-electron chi connectivity index (χ3n) is 5.71. The van der Waals surface area contributed by atoms with Crippen molar-refractivity contribution >= 4 is 18.1 Å². The molecule has 0 aliphatic carbocycles. The quantitative estimate of drug-likeness (QED) is 0.562. The molecule has 1 amide bonds. The molecule has 2 N–H and O–H groups in total. The summed E-state index contributed by atoms with van der Waals surface area (Å²) in [5.41, 5.74) is 6.54. The van der Waals surface area contributed by atoms with Gasteiger partial charge >= 0.3 is 0 Å². The third-order valence-corrected chi connectivity index (χ3v) is 6.14. The van der Waals surface area contributed by atoms with Gasteiger partial charge in [0.25, 0.3) is 0 Å². The molecule has 4 heterocycles. The number of hydrogen-bond acceptors (Lipinski definition) is 7. The van der Waals surface area contributed by atoms with Gasteiger partial charge in [0.05, 0.1) is 12.9 Å². The third kappa shape index (κ3) is 3.84. The molecule has 10 heteroatoms. The maximum atomic E-state index is 11.3. The molecule has 162 valence electrons. The lowest BCUT2D eigenvalue weighted by Crippen LogP contribution is -2.27. The number of likely N-dealkylation sites (tertiary alicyclic amines) is 1. The van der Waals surface area contributed by atoms with Crippen LogP contribution in [0.4, 0.5) is 0 Å². The molecule has 1 unspecified atom stereocenters. The van der Waals surface area contributed by atoms with Crippen molar-refractivity contribution < 1.29 is 18.7 Å². The molecule has 31 heavy (non-hydrogen) atoms. The zero-order chi connectivity index (χ0) is 21.4. The lowest BCUT2D eigenvalue weighted by Gasteiger charge is -2.24. The average molecular weight is 442 g/mol. The van der Waals surface area contributed by atoms with Crippen molar-refractivity contribution in [1.29, 1.82) is 0 Å². The number of carbonyl (C=O) groups is 1. The number of nitrogens with two attached hydrogens (primary N) is 1. The molecule has 0 spiro atoms. The second kappa shape index (κ2) is 8.20. The van der Waals surface area contributed by atoms with Crippen LogP contribution in [0.15, 0.2) is 41.0 Å². The first kappa shape index (κ1) is 19.8. The van der Waals surface area contributed by atoms with Gasteiger partial charge in [0.15, 0.2) is 27.9 Å². The number of carbonyl (C=O) groups excluding carboxylic acids is 1. The Bertz CT molecular complexity index is 1150. The van der Waals surface area contributed by atoms with Gasteiger partial charge in [0.2, 0.25) is 12.7 Å². The van der Waals surface area contributed by atoms with Crippen LogP contribution in [-0.2, 0) is 18.0 Å². The van der Waals surface area contributed by atoms with E-state index in [1.54, 1.807) is 17.0 Å². The Hall–Kier alpha value is -3.11. The molecule has 1 saturated heterocycles. The molecule has 3 aromatic rings. The lowest BCUT2D eigenvalue weighted by atomic mass is 10.0. The van der Waals surface area contributed by atoms with E-state index in [0.717, 1.165) is 30.9 Å². The fourth-order valence-corrected chi connectivity index (χ4v) is 4.49. The van der Waals surface area contributed by atoms with Crippen molar-refractivity contribution in [2.24, 2.45) is 5.73 Å². The first-order valence-corrected chi connectivity index (χ1v) is 10.6. The number of ether oxygens (including phenoxy) is 2. The number of amides is 1. The number of fused-ring (bicyclic) bond motifs is 1. The van der Waals surface area contributed by atoms with Crippen LogP contribution in [0.2, 0.25) is 0 Å². The summed E-state index contributed by atoms with van der Waals surface area (Å²) in [4.78, 5) is 13.7. The topological polar surface area (TPSA) is 101 Å². The summed E-state index contributed by atoms with van der Waals surface area (Å²) < 4.78 is 20.7. The number of benzene rings is 1. The van der Waals surface area contributed by atoms with Crippen molar-refractivity contribution in [3.63, 3.8) is 0 Å². The number of rotatable bonds is 7. The predicted molar refractivity (Wildman–Crippen MR) is 114 cm³/mol. The van der Waals surface area contributed by atoms with Crippen LogP contribution in [-0.4, -0.2) is 38.5 Å². The van der Waals surface area contributed by atoms with Crippen LogP contribution in [0.5, 0.6) is 11.5 Å². The fraction of sp³-hybridized carbons (Fsp3) is 0.381. The Morgan fingerprint density at radius 3 is 2.94 bits per heavy atom. The van der Waals surface area contributed by atoms with Gasteiger partial charge in [-0.15, -0.1) is 5.10 Å². The highest BCUT2D eigenvalue weighted by Crippen LogP contribution is 2.39. The second-order valence-corrected chi connectivity index (χ2v) is 8.04. The summed E-state index contributed by atoms with van der Waals surface area (Å²) in [6.07, 6.45) is 3.89. The molecule has 0 radical (unpaired) electrons. The van der Waals surface area contributed by atoms with Gasteiger partial charge in [-0.2, -0.15) is 0 Å². The molecule has 2 aromatic heterocycles. The molecule has 2 aliphatic heterocycles. The Labute approximate surface area is 183 Å². The molecule has 5 rings (SSSR count). The summed E-state index contributed by atoms with van der Waals surface area (Å²) in [5.74, 6) is 2.38. The van der Waals surface area contributed by atoms with Crippen molar-refractivity contribution in [2.75, 3.05) is 13.3 Å². The van der Waals surface area contributed by atoms with Gasteiger partial charge in [0, 0.05) is 25.6 Å². The zero-order valence-corrected chi connectivity index (χ0v) is 17.7. The first-order chi connectivity index (χ1) is 15.1. The minimum atomic E-state index is -0.387. The van der Waals surface area contributed by atoms with E-state index in [1.165, 1.54) is 5.56 Å². The summed E-state index contributed by atoms with van der Waals surface area (Å²) in [6.45, 7) is 2.09. The molecular weight excluding hydrogens is 418 g/mol. The molecule has 1 aromatic carbocycles. The lowest BCUT2D eigenvalue weighted by molar-refractivity contribution is -0.118. The van der Waals surface area contributed by atoms with Crippen molar-refractivity contribution in [3.05, 3.63) is 46.9 Å². The molecular formula is C21H23N5O4S. The Kier molecular flexibility index (Phi) is 5.24. The van der Waals surface area contributed by atoms with E-state index in [0.29, 0.717) is 29.6 Å². The van der Waals surface area contributed by atoms with E-state index in [4.69, 9.17) is 36.9 Å². The summed E-state index contributed by atoms with van der Waals surface area (Å²) in [7, 11) is 0. The normalized spacial score (nSPS) is 18.0. The highest BCUT2D eigenvalue weighted by atomic mass is 32.1. The molecule has 0 saturated carbocycles. The van der Waals surface area contributed by atoms with E-state index < -0.39 is 0 Å². The fourth-order valence-electron chi connectivity index (χ4n) is 4.21. The highest BCUT2D eigenvalue weighted by molar-refractivity contribution is 7.71. The van der Waals surface area contributed by atoms with Crippen molar-refractivity contribution in [1.82, 2.24) is 19.2 Å².